The van der Waals surface area contributed by atoms with Gasteiger partial charge in [0.25, 0.3) is 15.9 Å². The van der Waals surface area contributed by atoms with Crippen LogP contribution in [0.3, 0.4) is 0 Å². The summed E-state index contributed by atoms with van der Waals surface area (Å²) in [7, 11) is -4.18. The molecule has 270 valence electrons. The van der Waals surface area contributed by atoms with Crippen molar-refractivity contribution in [3.63, 3.8) is 0 Å². The molecule has 0 spiro atoms. The van der Waals surface area contributed by atoms with Crippen molar-refractivity contribution in [3.8, 4) is 17.1 Å². The lowest BCUT2D eigenvalue weighted by Gasteiger charge is -2.57. The van der Waals surface area contributed by atoms with E-state index in [-0.39, 0.29) is 52.2 Å². The van der Waals surface area contributed by atoms with Gasteiger partial charge >= 0.3 is 0 Å². The van der Waals surface area contributed by atoms with Gasteiger partial charge in [-0.25, -0.2) is 23.1 Å². The molecular formula is C39H49N7O4S. The second kappa shape index (κ2) is 13.5. The van der Waals surface area contributed by atoms with Crippen LogP contribution in [0.25, 0.3) is 11.3 Å². The van der Waals surface area contributed by atoms with Crippen LogP contribution in [-0.2, 0) is 16.6 Å². The number of hydrogen-bond acceptors (Lipinski definition) is 9. The number of carbonyl (C=O) groups excluding carboxylic acids is 1. The summed E-state index contributed by atoms with van der Waals surface area (Å²) in [6.45, 7) is 20.4. The Balaban J connectivity index is 1.45. The van der Waals surface area contributed by atoms with E-state index in [0.29, 0.717) is 29.8 Å². The van der Waals surface area contributed by atoms with Gasteiger partial charge in [0.2, 0.25) is 11.8 Å². The second-order valence-corrected chi connectivity index (χ2v) is 17.8. The smallest absolute Gasteiger partial charge is 0.264 e. The number of amides is 1. The quantitative estimate of drug-likeness (QED) is 0.223. The second-order valence-electron chi connectivity index (χ2n) is 16.2. The van der Waals surface area contributed by atoms with E-state index in [4.69, 9.17) is 9.72 Å². The molecule has 1 saturated heterocycles. The third-order valence-electron chi connectivity index (χ3n) is 9.67. The Morgan fingerprint density at radius 3 is 2.37 bits per heavy atom. The van der Waals surface area contributed by atoms with Crippen LogP contribution >= 0.6 is 0 Å². The van der Waals surface area contributed by atoms with Crippen molar-refractivity contribution in [1.29, 1.82) is 0 Å². The molecule has 2 aliphatic rings. The highest BCUT2D eigenvalue weighted by Crippen LogP contribution is 2.43. The van der Waals surface area contributed by atoms with Gasteiger partial charge in [0.15, 0.2) is 0 Å². The zero-order valence-corrected chi connectivity index (χ0v) is 31.9. The highest BCUT2D eigenvalue weighted by atomic mass is 32.2. The number of aryl methyl sites for hydroxylation is 2. The minimum atomic E-state index is -4.18. The van der Waals surface area contributed by atoms with E-state index < -0.39 is 16.1 Å². The Kier molecular flexibility index (Phi) is 9.60. The topological polar surface area (TPSA) is 131 Å². The highest BCUT2D eigenvalue weighted by Gasteiger charge is 2.47. The summed E-state index contributed by atoms with van der Waals surface area (Å²) < 4.78 is 36.5. The fraction of sp³-hybridized carbons (Fsp3) is 0.462. The number of aromatic nitrogens is 4. The van der Waals surface area contributed by atoms with Crippen LogP contribution < -0.4 is 14.4 Å². The Morgan fingerprint density at radius 1 is 1.00 bits per heavy atom. The number of carbonyl (C=O) groups is 1. The van der Waals surface area contributed by atoms with Crippen LogP contribution in [-0.4, -0.2) is 64.4 Å². The summed E-state index contributed by atoms with van der Waals surface area (Å²) in [5, 5.41) is 0. The molecule has 4 heterocycles. The molecular weight excluding hydrogens is 663 g/mol. The standard InChI is InChI=1S/C39H49N7O4S/c1-24(2)35-39(8,9)23-46(35)32-20-40-19-28(41-32)21-45-29(18-38(5,6)7)22-50-33-17-31(34-25(3)12-10-13-26(34)4)42-37(43-33)44-51(48,49)30-15-11-14-27(16-30)36(45)47/h10-17,19-20,24,29,35H,18,21-23H2,1-9H3,(H,42,43,44)/t29-,35-/m1/s1. The van der Waals surface area contributed by atoms with E-state index in [1.54, 1.807) is 35.5 Å². The Bertz CT molecular complexity index is 2040. The molecule has 1 amide bonds. The molecule has 0 radical (unpaired) electrons. The number of fused-ring (bicyclic) bond motifs is 4. The monoisotopic (exact) mass is 711 g/mol. The van der Waals surface area contributed by atoms with E-state index in [1.807, 2.05) is 32.0 Å². The van der Waals surface area contributed by atoms with Crippen LogP contribution in [0.1, 0.15) is 82.1 Å². The van der Waals surface area contributed by atoms with Crippen LogP contribution in [0.2, 0.25) is 0 Å². The third-order valence-corrected chi connectivity index (χ3v) is 11.0. The van der Waals surface area contributed by atoms with Crippen molar-refractivity contribution in [2.24, 2.45) is 16.7 Å². The predicted molar refractivity (Wildman–Crippen MR) is 199 cm³/mol. The van der Waals surface area contributed by atoms with Crippen molar-refractivity contribution in [2.45, 2.75) is 92.3 Å². The number of sulfonamides is 1. The molecule has 2 atom stereocenters. The molecule has 4 aromatic rings. The van der Waals surface area contributed by atoms with Gasteiger partial charge in [-0.15, -0.1) is 0 Å². The van der Waals surface area contributed by atoms with E-state index >= 15 is 0 Å². The average Bonchev–Trinajstić information content (AvgIpc) is 3.03. The molecule has 0 saturated carbocycles. The summed E-state index contributed by atoms with van der Waals surface area (Å²) in [5.41, 5.74) is 4.15. The molecule has 1 fully saturated rings. The number of nitrogens with zero attached hydrogens (tertiary/aromatic N) is 6. The van der Waals surface area contributed by atoms with Crippen molar-refractivity contribution < 1.29 is 17.9 Å². The Morgan fingerprint density at radius 2 is 1.71 bits per heavy atom. The minimum absolute atomic E-state index is 0.0784. The average molecular weight is 712 g/mol. The van der Waals surface area contributed by atoms with Gasteiger partial charge in [0, 0.05) is 35.2 Å². The zero-order chi connectivity index (χ0) is 36.9. The lowest BCUT2D eigenvalue weighted by molar-refractivity contribution is 0.0509. The SMILES string of the molecule is Cc1cccc(C)c1-c1cc2nc(n1)NS(=O)(=O)c1cccc(c1)C(=O)N(Cc1cncc(N3CC(C)(C)[C@H]3C(C)C)n1)[C@H](CC(C)(C)C)CO2. The van der Waals surface area contributed by atoms with Gasteiger partial charge < -0.3 is 14.5 Å². The number of benzene rings is 2. The summed E-state index contributed by atoms with van der Waals surface area (Å²) in [6.07, 6.45) is 4.06. The van der Waals surface area contributed by atoms with Gasteiger partial charge in [-0.2, -0.15) is 4.98 Å². The van der Waals surface area contributed by atoms with Gasteiger partial charge in [0.05, 0.1) is 41.3 Å². The molecule has 1 N–H and O–H groups in total. The molecule has 12 heteroatoms. The fourth-order valence-corrected chi connectivity index (χ4v) is 8.75. The van der Waals surface area contributed by atoms with Gasteiger partial charge in [-0.05, 0) is 60.9 Å². The third kappa shape index (κ3) is 7.71. The first-order chi connectivity index (χ1) is 23.9. The molecule has 6 rings (SSSR count). The maximum Gasteiger partial charge on any atom is 0.264 e. The minimum Gasteiger partial charge on any atom is -0.475 e. The number of anilines is 2. The molecule has 0 aliphatic carbocycles. The van der Waals surface area contributed by atoms with Crippen LogP contribution in [0.15, 0.2) is 65.8 Å². The molecule has 2 aliphatic heterocycles. The van der Waals surface area contributed by atoms with E-state index in [1.165, 1.54) is 12.1 Å². The molecule has 2 aromatic heterocycles. The maximum atomic E-state index is 14.6. The fourth-order valence-electron chi connectivity index (χ4n) is 7.76. The number of nitrogens with one attached hydrogen (secondary N) is 1. The van der Waals surface area contributed by atoms with Crippen LogP contribution in [0, 0.1) is 30.6 Å². The van der Waals surface area contributed by atoms with E-state index in [0.717, 1.165) is 29.1 Å². The maximum absolute atomic E-state index is 14.6. The predicted octanol–water partition coefficient (Wildman–Crippen LogP) is 7.06. The number of hydrogen-bond donors (Lipinski definition) is 1. The van der Waals surface area contributed by atoms with E-state index in [9.17, 15) is 13.2 Å². The van der Waals surface area contributed by atoms with Crippen LogP contribution in [0.4, 0.5) is 11.8 Å². The largest absolute Gasteiger partial charge is 0.475 e. The molecule has 2 aromatic carbocycles. The molecule has 4 bridgehead atoms. The van der Waals surface area contributed by atoms with Crippen molar-refractivity contribution in [3.05, 3.63) is 83.3 Å². The zero-order valence-electron chi connectivity index (χ0n) is 31.1. The first-order valence-electron chi connectivity index (χ1n) is 17.5. The van der Waals surface area contributed by atoms with Crippen molar-refractivity contribution in [2.75, 3.05) is 22.8 Å². The highest BCUT2D eigenvalue weighted by molar-refractivity contribution is 7.92. The first-order valence-corrected chi connectivity index (χ1v) is 19.0. The van der Waals surface area contributed by atoms with Crippen LogP contribution in [0.5, 0.6) is 5.88 Å². The van der Waals surface area contributed by atoms with E-state index in [2.05, 4.69) is 73.0 Å². The lowest BCUT2D eigenvalue weighted by atomic mass is 9.70. The van der Waals surface area contributed by atoms with Gasteiger partial charge in [0.1, 0.15) is 12.4 Å². The Hall–Kier alpha value is -4.58. The molecule has 0 unspecified atom stereocenters. The van der Waals surface area contributed by atoms with Gasteiger partial charge in [-0.3, -0.25) is 9.78 Å². The van der Waals surface area contributed by atoms with Crippen molar-refractivity contribution in [1.82, 2.24) is 24.8 Å². The lowest BCUT2D eigenvalue weighted by Crippen LogP contribution is -2.64. The Labute approximate surface area is 302 Å². The summed E-state index contributed by atoms with van der Waals surface area (Å²) in [4.78, 5) is 37.3. The first kappa shape index (κ1) is 36.2. The summed E-state index contributed by atoms with van der Waals surface area (Å²) >= 11 is 0. The number of ether oxygens (including phenoxy) is 1. The summed E-state index contributed by atoms with van der Waals surface area (Å²) in [5.74, 6) is 0.935. The summed E-state index contributed by atoms with van der Waals surface area (Å²) in [6, 6.07) is 13.6. The molecule has 51 heavy (non-hydrogen) atoms. The molecule has 11 nitrogen and oxygen atoms in total. The van der Waals surface area contributed by atoms with Crippen molar-refractivity contribution >= 4 is 27.7 Å². The normalized spacial score (nSPS) is 20.0. The van der Waals surface area contributed by atoms with Gasteiger partial charge in [-0.1, -0.05) is 72.7 Å². The number of rotatable bonds is 6.